The van der Waals surface area contributed by atoms with Gasteiger partial charge in [0.15, 0.2) is 0 Å². The molecule has 114 valence electrons. The smallest absolute Gasteiger partial charge is 0.401 e. The van der Waals surface area contributed by atoms with Gasteiger partial charge in [0.05, 0.1) is 13.7 Å². The number of hydrogen-bond acceptors (Lipinski definition) is 3. The number of hydrogen-bond donors (Lipinski definition) is 1. The number of alkyl halides is 3. The van der Waals surface area contributed by atoms with Crippen molar-refractivity contribution in [3.63, 3.8) is 0 Å². The van der Waals surface area contributed by atoms with E-state index >= 15 is 0 Å². The molecule has 1 aromatic carbocycles. The Morgan fingerprint density at radius 1 is 1.30 bits per heavy atom. The molecule has 0 amide bonds. The molecule has 6 heteroatoms. The van der Waals surface area contributed by atoms with E-state index in [-0.39, 0.29) is 12.6 Å². The minimum atomic E-state index is -4.19. The summed E-state index contributed by atoms with van der Waals surface area (Å²) in [5.41, 5.74) is 0.859. The van der Waals surface area contributed by atoms with Gasteiger partial charge in [0, 0.05) is 18.2 Å². The van der Waals surface area contributed by atoms with Gasteiger partial charge >= 0.3 is 6.18 Å². The molecule has 0 spiro atoms. The molecule has 0 saturated carbocycles. The number of likely N-dealkylation sites (N-methyl/N-ethyl adjacent to an activating group) is 2. The number of nitrogens with one attached hydrogen (secondary N) is 1. The first-order valence-electron chi connectivity index (χ1n) is 6.50. The number of para-hydroxylation sites is 1. The lowest BCUT2D eigenvalue weighted by Gasteiger charge is -2.28. The van der Waals surface area contributed by atoms with Crippen LogP contribution in [0.1, 0.15) is 18.5 Å². The maximum Gasteiger partial charge on any atom is 0.401 e. The average molecular weight is 290 g/mol. The van der Waals surface area contributed by atoms with E-state index in [2.05, 4.69) is 5.32 Å². The standard InChI is InChI=1S/C14H21F3N2O/c1-4-19(10-14(15,16)17)9-12(18-2)11-7-5-6-8-13(11)20-3/h5-8,12,18H,4,9-10H2,1-3H3. The highest BCUT2D eigenvalue weighted by Crippen LogP contribution is 2.26. The normalized spacial score (nSPS) is 13.6. The van der Waals surface area contributed by atoms with Crippen LogP contribution in [0.4, 0.5) is 13.2 Å². The van der Waals surface area contributed by atoms with Crippen LogP contribution in [0, 0.1) is 0 Å². The molecule has 0 fully saturated rings. The molecule has 1 N–H and O–H groups in total. The van der Waals surface area contributed by atoms with Gasteiger partial charge in [0.2, 0.25) is 0 Å². The number of rotatable bonds is 7. The van der Waals surface area contributed by atoms with E-state index in [1.807, 2.05) is 18.2 Å². The molecule has 20 heavy (non-hydrogen) atoms. The van der Waals surface area contributed by atoms with Gasteiger partial charge in [0.25, 0.3) is 0 Å². The van der Waals surface area contributed by atoms with Gasteiger partial charge in [-0.05, 0) is 19.7 Å². The molecule has 0 aromatic heterocycles. The Morgan fingerprint density at radius 3 is 2.45 bits per heavy atom. The fourth-order valence-electron chi connectivity index (χ4n) is 2.12. The topological polar surface area (TPSA) is 24.5 Å². The van der Waals surface area contributed by atoms with Gasteiger partial charge in [-0.15, -0.1) is 0 Å². The molecule has 1 atom stereocenters. The molecule has 0 radical (unpaired) electrons. The zero-order chi connectivity index (χ0) is 15.2. The Labute approximate surface area is 117 Å². The molecule has 1 rings (SSSR count). The van der Waals surface area contributed by atoms with Gasteiger partial charge in [-0.3, -0.25) is 4.90 Å². The van der Waals surface area contributed by atoms with E-state index in [1.165, 1.54) is 4.90 Å². The summed E-state index contributed by atoms with van der Waals surface area (Å²) < 4.78 is 42.8. The van der Waals surface area contributed by atoms with Crippen LogP contribution in [0.25, 0.3) is 0 Å². The average Bonchev–Trinajstić information content (AvgIpc) is 2.42. The molecule has 0 heterocycles. The number of nitrogens with zero attached hydrogens (tertiary/aromatic N) is 1. The Morgan fingerprint density at radius 2 is 1.95 bits per heavy atom. The minimum Gasteiger partial charge on any atom is -0.496 e. The van der Waals surface area contributed by atoms with Gasteiger partial charge in [-0.2, -0.15) is 13.2 Å². The molecule has 0 aliphatic rings. The van der Waals surface area contributed by atoms with E-state index in [1.54, 1.807) is 27.1 Å². The second-order valence-electron chi connectivity index (χ2n) is 4.53. The van der Waals surface area contributed by atoms with Crippen molar-refractivity contribution in [2.24, 2.45) is 0 Å². The van der Waals surface area contributed by atoms with Crippen molar-refractivity contribution in [3.05, 3.63) is 29.8 Å². The predicted molar refractivity (Wildman–Crippen MR) is 73.0 cm³/mol. The summed E-state index contributed by atoms with van der Waals surface area (Å²) in [6.45, 7) is 1.43. The zero-order valence-corrected chi connectivity index (χ0v) is 12.0. The maximum absolute atomic E-state index is 12.5. The van der Waals surface area contributed by atoms with Crippen molar-refractivity contribution >= 4 is 0 Å². The number of methoxy groups -OCH3 is 1. The third kappa shape index (κ3) is 5.02. The number of halogens is 3. The van der Waals surface area contributed by atoms with Crippen molar-refractivity contribution in [1.82, 2.24) is 10.2 Å². The SMILES string of the molecule is CCN(CC(NC)c1ccccc1OC)CC(F)(F)F. The van der Waals surface area contributed by atoms with Crippen molar-refractivity contribution < 1.29 is 17.9 Å². The van der Waals surface area contributed by atoms with E-state index in [0.717, 1.165) is 5.56 Å². The van der Waals surface area contributed by atoms with Crippen LogP contribution in [0.3, 0.4) is 0 Å². The fraction of sp³-hybridized carbons (Fsp3) is 0.571. The molecule has 1 aromatic rings. The van der Waals surface area contributed by atoms with Gasteiger partial charge < -0.3 is 10.1 Å². The van der Waals surface area contributed by atoms with E-state index in [4.69, 9.17) is 4.74 Å². The Balaban J connectivity index is 2.84. The highest BCUT2D eigenvalue weighted by Gasteiger charge is 2.31. The maximum atomic E-state index is 12.5. The van der Waals surface area contributed by atoms with Crippen LogP contribution in [0.2, 0.25) is 0 Å². The first kappa shape index (κ1) is 16.8. The Hall–Kier alpha value is -1.27. The zero-order valence-electron chi connectivity index (χ0n) is 12.0. The first-order chi connectivity index (χ1) is 9.41. The monoisotopic (exact) mass is 290 g/mol. The Bertz CT molecular complexity index is 410. The molecular weight excluding hydrogens is 269 g/mol. The predicted octanol–water partition coefficient (Wildman–Crippen LogP) is 2.84. The van der Waals surface area contributed by atoms with Crippen LogP contribution >= 0.6 is 0 Å². The van der Waals surface area contributed by atoms with Crippen molar-refractivity contribution in [1.29, 1.82) is 0 Å². The van der Waals surface area contributed by atoms with Crippen molar-refractivity contribution in [2.75, 3.05) is 33.8 Å². The number of benzene rings is 1. The highest BCUT2D eigenvalue weighted by atomic mass is 19.4. The highest BCUT2D eigenvalue weighted by molar-refractivity contribution is 5.36. The molecule has 0 aliphatic carbocycles. The van der Waals surface area contributed by atoms with Crippen LogP contribution in [-0.4, -0.2) is 44.9 Å². The van der Waals surface area contributed by atoms with E-state index in [0.29, 0.717) is 12.3 Å². The second-order valence-corrected chi connectivity index (χ2v) is 4.53. The summed E-state index contributed by atoms with van der Waals surface area (Å²) >= 11 is 0. The first-order valence-corrected chi connectivity index (χ1v) is 6.50. The summed E-state index contributed by atoms with van der Waals surface area (Å²) in [6.07, 6.45) is -4.19. The van der Waals surface area contributed by atoms with Crippen LogP contribution in [-0.2, 0) is 0 Å². The quantitative estimate of drug-likeness (QED) is 0.835. The lowest BCUT2D eigenvalue weighted by molar-refractivity contribution is -0.146. The van der Waals surface area contributed by atoms with Crippen molar-refractivity contribution in [3.8, 4) is 5.75 Å². The molecule has 0 aliphatic heterocycles. The molecule has 3 nitrogen and oxygen atoms in total. The largest absolute Gasteiger partial charge is 0.496 e. The van der Waals surface area contributed by atoms with Crippen LogP contribution in [0.5, 0.6) is 5.75 Å². The molecular formula is C14H21F3N2O. The summed E-state index contributed by atoms with van der Waals surface area (Å²) in [7, 11) is 3.29. The lowest BCUT2D eigenvalue weighted by Crippen LogP contribution is -2.39. The van der Waals surface area contributed by atoms with Crippen molar-refractivity contribution in [2.45, 2.75) is 19.1 Å². The summed E-state index contributed by atoms with van der Waals surface area (Å²) in [6, 6.07) is 7.14. The summed E-state index contributed by atoms with van der Waals surface area (Å²) in [4.78, 5) is 1.37. The van der Waals surface area contributed by atoms with E-state index < -0.39 is 12.7 Å². The molecule has 1 unspecified atom stereocenters. The van der Waals surface area contributed by atoms with Gasteiger partial charge in [-0.25, -0.2) is 0 Å². The fourth-order valence-corrected chi connectivity index (χ4v) is 2.12. The molecule has 0 saturated heterocycles. The summed E-state index contributed by atoms with van der Waals surface area (Å²) in [5.74, 6) is 0.676. The van der Waals surface area contributed by atoms with E-state index in [9.17, 15) is 13.2 Å². The van der Waals surface area contributed by atoms with Crippen LogP contribution in [0.15, 0.2) is 24.3 Å². The third-order valence-corrected chi connectivity index (χ3v) is 3.15. The van der Waals surface area contributed by atoms with Crippen LogP contribution < -0.4 is 10.1 Å². The van der Waals surface area contributed by atoms with Gasteiger partial charge in [0.1, 0.15) is 5.75 Å². The summed E-state index contributed by atoms with van der Waals surface area (Å²) in [5, 5.41) is 3.05. The van der Waals surface area contributed by atoms with Gasteiger partial charge in [-0.1, -0.05) is 25.1 Å². The Kier molecular flexibility index (Phi) is 6.29. The lowest BCUT2D eigenvalue weighted by atomic mass is 10.1. The number of ether oxygens (including phenoxy) is 1. The third-order valence-electron chi connectivity index (χ3n) is 3.15. The second kappa shape index (κ2) is 7.50. The molecule has 0 bridgehead atoms. The minimum absolute atomic E-state index is 0.214.